The van der Waals surface area contributed by atoms with Crippen molar-refractivity contribution in [1.82, 2.24) is 15.3 Å². The van der Waals surface area contributed by atoms with Crippen LogP contribution in [0.3, 0.4) is 0 Å². The zero-order chi connectivity index (χ0) is 11.8. The standard InChI is InChI=1S/C9H14F2N4S/c10-8(11)6-16-9-14-4-7(5-15-9)3-13-2-1-12/h4-5,8,13H,1-3,6,12H2. The van der Waals surface area contributed by atoms with Crippen LogP contribution in [-0.4, -0.2) is 35.2 Å². The van der Waals surface area contributed by atoms with E-state index < -0.39 is 6.43 Å². The molecule has 0 fully saturated rings. The van der Waals surface area contributed by atoms with E-state index in [1.54, 1.807) is 12.4 Å². The minimum absolute atomic E-state index is 0.273. The first-order valence-corrected chi connectivity index (χ1v) is 5.83. The summed E-state index contributed by atoms with van der Waals surface area (Å²) in [6.45, 7) is 1.93. The smallest absolute Gasteiger partial charge is 0.248 e. The van der Waals surface area contributed by atoms with Crippen molar-refractivity contribution in [2.75, 3.05) is 18.8 Å². The van der Waals surface area contributed by atoms with Gasteiger partial charge in [0.15, 0.2) is 5.16 Å². The van der Waals surface area contributed by atoms with Gasteiger partial charge in [0.2, 0.25) is 6.43 Å². The fourth-order valence-electron chi connectivity index (χ4n) is 0.981. The summed E-state index contributed by atoms with van der Waals surface area (Å²) in [4.78, 5) is 7.95. The Bertz CT molecular complexity index is 294. The summed E-state index contributed by atoms with van der Waals surface area (Å²) in [5.41, 5.74) is 6.23. The molecule has 0 amide bonds. The van der Waals surface area contributed by atoms with E-state index in [9.17, 15) is 8.78 Å². The summed E-state index contributed by atoms with van der Waals surface area (Å²) in [7, 11) is 0. The summed E-state index contributed by atoms with van der Waals surface area (Å²) < 4.78 is 23.8. The molecule has 0 saturated carbocycles. The van der Waals surface area contributed by atoms with Crippen LogP contribution in [0.25, 0.3) is 0 Å². The zero-order valence-corrected chi connectivity index (χ0v) is 9.51. The summed E-state index contributed by atoms with van der Waals surface area (Å²) >= 11 is 0.953. The van der Waals surface area contributed by atoms with Gasteiger partial charge >= 0.3 is 0 Å². The molecule has 0 aliphatic carbocycles. The normalized spacial score (nSPS) is 11.0. The number of hydrogen-bond donors (Lipinski definition) is 2. The molecule has 7 heteroatoms. The number of halogens is 2. The Balaban J connectivity index is 2.35. The van der Waals surface area contributed by atoms with E-state index in [4.69, 9.17) is 5.73 Å². The number of aromatic nitrogens is 2. The highest BCUT2D eigenvalue weighted by molar-refractivity contribution is 7.99. The van der Waals surface area contributed by atoms with Gasteiger partial charge in [-0.15, -0.1) is 0 Å². The number of nitrogens with one attached hydrogen (secondary N) is 1. The molecule has 0 aliphatic rings. The highest BCUT2D eigenvalue weighted by Gasteiger charge is 2.05. The molecule has 3 N–H and O–H groups in total. The molecule has 1 heterocycles. The first kappa shape index (κ1) is 13.3. The SMILES string of the molecule is NCCNCc1cnc(SCC(F)F)nc1. The van der Waals surface area contributed by atoms with Crippen molar-refractivity contribution in [3.8, 4) is 0 Å². The minimum Gasteiger partial charge on any atom is -0.329 e. The summed E-state index contributed by atoms with van der Waals surface area (Å²) in [6, 6.07) is 0. The van der Waals surface area contributed by atoms with E-state index in [0.29, 0.717) is 18.2 Å². The third-order valence-electron chi connectivity index (χ3n) is 1.67. The molecular formula is C9H14F2N4S. The maximum Gasteiger partial charge on any atom is 0.248 e. The van der Waals surface area contributed by atoms with Gasteiger partial charge in [0.1, 0.15) is 0 Å². The van der Waals surface area contributed by atoms with Crippen LogP contribution in [0.5, 0.6) is 0 Å². The molecule has 4 nitrogen and oxygen atoms in total. The topological polar surface area (TPSA) is 63.8 Å². The van der Waals surface area contributed by atoms with Gasteiger partial charge < -0.3 is 11.1 Å². The molecule has 0 saturated heterocycles. The Hall–Kier alpha value is -0.790. The van der Waals surface area contributed by atoms with E-state index in [1.807, 2.05) is 0 Å². The van der Waals surface area contributed by atoms with E-state index >= 15 is 0 Å². The third-order valence-corrected chi connectivity index (χ3v) is 2.56. The van der Waals surface area contributed by atoms with Crippen LogP contribution >= 0.6 is 11.8 Å². The molecule has 0 aromatic carbocycles. The lowest BCUT2D eigenvalue weighted by Gasteiger charge is -2.03. The second-order valence-electron chi connectivity index (χ2n) is 3.04. The highest BCUT2D eigenvalue weighted by Crippen LogP contribution is 2.15. The molecule has 0 bridgehead atoms. The van der Waals surface area contributed by atoms with Crippen molar-refractivity contribution in [3.63, 3.8) is 0 Å². The molecule has 0 spiro atoms. The van der Waals surface area contributed by atoms with Gasteiger partial charge in [-0.3, -0.25) is 0 Å². The van der Waals surface area contributed by atoms with Gasteiger partial charge in [0.05, 0.1) is 5.75 Å². The van der Waals surface area contributed by atoms with Crippen molar-refractivity contribution in [3.05, 3.63) is 18.0 Å². The van der Waals surface area contributed by atoms with Crippen LogP contribution < -0.4 is 11.1 Å². The predicted octanol–water partition coefficient (Wildman–Crippen LogP) is 0.882. The molecule has 1 rings (SSSR count). The van der Waals surface area contributed by atoms with Gasteiger partial charge in [-0.2, -0.15) is 0 Å². The molecule has 1 aromatic heterocycles. The molecule has 0 atom stereocenters. The number of hydrogen-bond acceptors (Lipinski definition) is 5. The fraction of sp³-hybridized carbons (Fsp3) is 0.556. The van der Waals surface area contributed by atoms with Crippen molar-refractivity contribution in [2.45, 2.75) is 18.1 Å². The van der Waals surface area contributed by atoms with Crippen LogP contribution in [0.1, 0.15) is 5.56 Å². The van der Waals surface area contributed by atoms with E-state index in [-0.39, 0.29) is 5.75 Å². The number of nitrogens with zero attached hydrogens (tertiary/aromatic N) is 2. The highest BCUT2D eigenvalue weighted by atomic mass is 32.2. The minimum atomic E-state index is -2.33. The first-order valence-electron chi connectivity index (χ1n) is 4.85. The largest absolute Gasteiger partial charge is 0.329 e. The average Bonchev–Trinajstić information content (AvgIpc) is 2.28. The molecule has 0 aliphatic heterocycles. The maximum atomic E-state index is 11.9. The Morgan fingerprint density at radius 2 is 2.06 bits per heavy atom. The van der Waals surface area contributed by atoms with Crippen LogP contribution in [0.15, 0.2) is 17.6 Å². The quantitative estimate of drug-likeness (QED) is 0.426. The van der Waals surface area contributed by atoms with Crippen molar-refractivity contribution >= 4 is 11.8 Å². The maximum absolute atomic E-state index is 11.9. The van der Waals surface area contributed by atoms with Crippen molar-refractivity contribution < 1.29 is 8.78 Å². The molecule has 16 heavy (non-hydrogen) atoms. The summed E-state index contributed by atoms with van der Waals surface area (Å²) in [5, 5.41) is 3.47. The number of nitrogens with two attached hydrogens (primary N) is 1. The lowest BCUT2D eigenvalue weighted by molar-refractivity contribution is 0.176. The van der Waals surface area contributed by atoms with E-state index in [0.717, 1.165) is 23.9 Å². The Labute approximate surface area is 97.0 Å². The Kier molecular flexibility index (Phi) is 6.20. The molecule has 90 valence electrons. The van der Waals surface area contributed by atoms with Gasteiger partial charge in [-0.25, -0.2) is 18.7 Å². The number of rotatable bonds is 7. The Morgan fingerprint density at radius 3 is 2.62 bits per heavy atom. The lowest BCUT2D eigenvalue weighted by Crippen LogP contribution is -2.22. The molecule has 1 aromatic rings. The van der Waals surface area contributed by atoms with Crippen LogP contribution in [-0.2, 0) is 6.54 Å². The Morgan fingerprint density at radius 1 is 1.38 bits per heavy atom. The van der Waals surface area contributed by atoms with Gasteiger partial charge in [-0.05, 0) is 0 Å². The summed E-state index contributed by atoms with van der Waals surface area (Å²) in [5.74, 6) is -0.273. The van der Waals surface area contributed by atoms with Gasteiger partial charge in [0.25, 0.3) is 0 Å². The van der Waals surface area contributed by atoms with Crippen LogP contribution in [0.4, 0.5) is 8.78 Å². The number of thioether (sulfide) groups is 1. The van der Waals surface area contributed by atoms with Crippen LogP contribution in [0.2, 0.25) is 0 Å². The van der Waals surface area contributed by atoms with Crippen molar-refractivity contribution in [1.29, 1.82) is 0 Å². The zero-order valence-electron chi connectivity index (χ0n) is 8.70. The third kappa shape index (κ3) is 5.34. The van der Waals surface area contributed by atoms with Crippen molar-refractivity contribution in [2.24, 2.45) is 5.73 Å². The van der Waals surface area contributed by atoms with Gasteiger partial charge in [0, 0.05) is 37.6 Å². The second-order valence-corrected chi connectivity index (χ2v) is 4.03. The second kappa shape index (κ2) is 7.48. The monoisotopic (exact) mass is 248 g/mol. The lowest BCUT2D eigenvalue weighted by atomic mass is 10.3. The predicted molar refractivity (Wildman–Crippen MR) is 59.5 cm³/mol. The average molecular weight is 248 g/mol. The molecule has 0 unspecified atom stereocenters. The first-order chi connectivity index (χ1) is 7.72. The number of alkyl halides is 2. The van der Waals surface area contributed by atoms with E-state index in [2.05, 4.69) is 15.3 Å². The van der Waals surface area contributed by atoms with Gasteiger partial charge in [-0.1, -0.05) is 11.8 Å². The fourth-order valence-corrected chi connectivity index (χ4v) is 1.51. The molecular weight excluding hydrogens is 234 g/mol. The van der Waals surface area contributed by atoms with Crippen LogP contribution in [0, 0.1) is 0 Å². The molecule has 0 radical (unpaired) electrons. The summed E-state index contributed by atoms with van der Waals surface area (Å²) in [6.07, 6.45) is 0.925. The van der Waals surface area contributed by atoms with E-state index in [1.165, 1.54) is 0 Å².